The highest BCUT2D eigenvalue weighted by Gasteiger charge is 2.14. The Morgan fingerprint density at radius 2 is 1.76 bits per heavy atom. The molecule has 0 atom stereocenters. The molecule has 0 amide bonds. The van der Waals surface area contributed by atoms with Crippen molar-refractivity contribution in [1.82, 2.24) is 9.55 Å². The van der Waals surface area contributed by atoms with Crippen LogP contribution >= 0.6 is 11.3 Å². The molecule has 0 fully saturated rings. The van der Waals surface area contributed by atoms with Gasteiger partial charge < -0.3 is 0 Å². The molecule has 0 saturated heterocycles. The monoisotopic (exact) mass is 396 g/mol. The van der Waals surface area contributed by atoms with Crippen molar-refractivity contribution in [3.8, 4) is 11.1 Å². The summed E-state index contributed by atoms with van der Waals surface area (Å²) in [6, 6.07) is 22.9. The average Bonchev–Trinajstić information content (AvgIpc) is 3.21. The summed E-state index contributed by atoms with van der Waals surface area (Å²) in [4.78, 5) is 18.7. The highest BCUT2D eigenvalue weighted by Crippen LogP contribution is 2.31. The van der Waals surface area contributed by atoms with Crippen molar-refractivity contribution in [2.45, 2.75) is 19.9 Å². The first-order valence-electron chi connectivity index (χ1n) is 9.77. The number of aromatic nitrogens is 2. The van der Waals surface area contributed by atoms with Crippen LogP contribution in [0.15, 0.2) is 83.2 Å². The summed E-state index contributed by atoms with van der Waals surface area (Å²) in [5.41, 5.74) is 4.46. The van der Waals surface area contributed by atoms with Gasteiger partial charge in [-0.3, -0.25) is 9.36 Å². The molecule has 142 valence electrons. The fourth-order valence-corrected chi connectivity index (χ4v) is 4.73. The number of hydrogen-bond acceptors (Lipinski definition) is 3. The highest BCUT2D eigenvalue weighted by molar-refractivity contribution is 7.17. The molecule has 3 nitrogen and oxygen atoms in total. The Balaban J connectivity index is 1.62. The molecule has 0 spiro atoms. The number of rotatable bonds is 4. The number of hydrogen-bond donors (Lipinski definition) is 0. The zero-order valence-corrected chi connectivity index (χ0v) is 16.9. The van der Waals surface area contributed by atoms with Gasteiger partial charge in [0.25, 0.3) is 5.56 Å². The van der Waals surface area contributed by atoms with E-state index in [4.69, 9.17) is 0 Å². The number of nitrogens with zero attached hydrogens (tertiary/aromatic N) is 2. The second-order valence-corrected chi connectivity index (χ2v) is 8.05. The van der Waals surface area contributed by atoms with Gasteiger partial charge in [-0.25, -0.2) is 4.98 Å². The Kier molecular flexibility index (Phi) is 4.49. The normalized spacial score (nSPS) is 11.3. The molecule has 3 aromatic carbocycles. The maximum atomic E-state index is 13.4. The van der Waals surface area contributed by atoms with Crippen LogP contribution in [0.3, 0.4) is 0 Å². The second-order valence-electron chi connectivity index (χ2n) is 7.20. The topological polar surface area (TPSA) is 34.9 Å². The molecule has 0 aliphatic rings. The number of benzene rings is 3. The fraction of sp³-hybridized carbons (Fsp3) is 0.120. The van der Waals surface area contributed by atoms with Crippen molar-refractivity contribution >= 4 is 32.3 Å². The van der Waals surface area contributed by atoms with E-state index in [-0.39, 0.29) is 5.56 Å². The first-order chi connectivity index (χ1) is 14.2. The molecule has 0 bridgehead atoms. The Morgan fingerprint density at radius 1 is 0.966 bits per heavy atom. The van der Waals surface area contributed by atoms with Crippen molar-refractivity contribution in [3.63, 3.8) is 0 Å². The summed E-state index contributed by atoms with van der Waals surface area (Å²) >= 11 is 1.53. The molecule has 0 aliphatic carbocycles. The van der Waals surface area contributed by atoms with Gasteiger partial charge in [0, 0.05) is 10.9 Å². The van der Waals surface area contributed by atoms with Crippen LogP contribution in [-0.4, -0.2) is 9.55 Å². The molecule has 2 heterocycles. The maximum Gasteiger partial charge on any atom is 0.263 e. The Bertz CT molecular complexity index is 1370. The van der Waals surface area contributed by atoms with Gasteiger partial charge in [-0.15, -0.1) is 11.3 Å². The third-order valence-electron chi connectivity index (χ3n) is 5.45. The summed E-state index contributed by atoms with van der Waals surface area (Å²) in [7, 11) is 0. The van der Waals surface area contributed by atoms with Gasteiger partial charge in [-0.05, 0) is 33.9 Å². The molecule has 4 heteroatoms. The number of thiophene rings is 1. The largest absolute Gasteiger partial charge is 0.294 e. The molecular formula is C25H20N2OS. The van der Waals surface area contributed by atoms with E-state index in [2.05, 4.69) is 60.4 Å². The van der Waals surface area contributed by atoms with Crippen molar-refractivity contribution in [1.29, 1.82) is 0 Å². The van der Waals surface area contributed by atoms with E-state index in [1.54, 1.807) is 10.9 Å². The lowest BCUT2D eigenvalue weighted by Gasteiger charge is -2.09. The van der Waals surface area contributed by atoms with Crippen LogP contribution in [-0.2, 0) is 13.0 Å². The lowest BCUT2D eigenvalue weighted by molar-refractivity contribution is 0.754. The van der Waals surface area contributed by atoms with Gasteiger partial charge in [-0.1, -0.05) is 73.7 Å². The lowest BCUT2D eigenvalue weighted by atomic mass is 10.0. The van der Waals surface area contributed by atoms with Crippen LogP contribution in [0.2, 0.25) is 0 Å². The van der Waals surface area contributed by atoms with Crippen molar-refractivity contribution in [2.75, 3.05) is 0 Å². The minimum Gasteiger partial charge on any atom is -0.294 e. The molecule has 2 aromatic heterocycles. The summed E-state index contributed by atoms with van der Waals surface area (Å²) in [5, 5.41) is 5.10. The number of fused-ring (bicyclic) bond motifs is 2. The third-order valence-corrected chi connectivity index (χ3v) is 6.34. The third kappa shape index (κ3) is 3.15. The summed E-state index contributed by atoms with van der Waals surface area (Å²) in [5.74, 6) is 0. The molecule has 0 saturated carbocycles. The molecular weight excluding hydrogens is 376 g/mol. The quantitative estimate of drug-likeness (QED) is 0.380. The van der Waals surface area contributed by atoms with Crippen LogP contribution in [0.25, 0.3) is 32.1 Å². The van der Waals surface area contributed by atoms with Gasteiger partial charge in [0.1, 0.15) is 4.83 Å². The van der Waals surface area contributed by atoms with Crippen molar-refractivity contribution in [3.05, 3.63) is 99.9 Å². The summed E-state index contributed by atoms with van der Waals surface area (Å²) in [6.07, 6.45) is 2.68. The van der Waals surface area contributed by atoms with E-state index in [1.807, 2.05) is 23.6 Å². The smallest absolute Gasteiger partial charge is 0.263 e. The lowest BCUT2D eigenvalue weighted by Crippen LogP contribution is -2.21. The average molecular weight is 397 g/mol. The molecule has 0 radical (unpaired) electrons. The minimum atomic E-state index is 0.0127. The first kappa shape index (κ1) is 17.8. The van der Waals surface area contributed by atoms with Crippen LogP contribution in [0.1, 0.15) is 18.1 Å². The van der Waals surface area contributed by atoms with E-state index in [0.717, 1.165) is 27.9 Å². The molecule has 5 aromatic rings. The Morgan fingerprint density at radius 3 is 2.59 bits per heavy atom. The molecule has 0 N–H and O–H groups in total. The van der Waals surface area contributed by atoms with E-state index in [1.165, 1.54) is 27.7 Å². The Labute approximate surface area is 172 Å². The van der Waals surface area contributed by atoms with Gasteiger partial charge in [0.15, 0.2) is 0 Å². The summed E-state index contributed by atoms with van der Waals surface area (Å²) in [6.45, 7) is 2.65. The summed E-state index contributed by atoms with van der Waals surface area (Å²) < 4.78 is 1.72. The van der Waals surface area contributed by atoms with Gasteiger partial charge in [-0.2, -0.15) is 0 Å². The molecule has 0 aliphatic heterocycles. The molecule has 29 heavy (non-hydrogen) atoms. The SMILES string of the molecule is CCc1ccc(-c2csc3ncn(Cc4cccc5ccccc45)c(=O)c23)cc1. The van der Waals surface area contributed by atoms with Crippen LogP contribution in [0, 0.1) is 0 Å². The number of aryl methyl sites for hydroxylation is 1. The van der Waals surface area contributed by atoms with Crippen LogP contribution in [0.4, 0.5) is 0 Å². The zero-order chi connectivity index (χ0) is 19.8. The van der Waals surface area contributed by atoms with Gasteiger partial charge in [0.2, 0.25) is 0 Å². The van der Waals surface area contributed by atoms with Crippen LogP contribution < -0.4 is 5.56 Å². The van der Waals surface area contributed by atoms with Gasteiger partial charge >= 0.3 is 0 Å². The zero-order valence-electron chi connectivity index (χ0n) is 16.1. The molecule has 5 rings (SSSR count). The van der Waals surface area contributed by atoms with E-state index in [9.17, 15) is 4.79 Å². The standard InChI is InChI=1S/C25H20N2OS/c1-2-17-10-12-19(13-11-17)22-15-29-24-23(22)25(28)27(16-26-24)14-20-8-5-7-18-6-3-4-9-21(18)20/h3-13,15-16H,2,14H2,1H3. The highest BCUT2D eigenvalue weighted by atomic mass is 32.1. The second kappa shape index (κ2) is 7.30. The maximum absolute atomic E-state index is 13.4. The minimum absolute atomic E-state index is 0.0127. The first-order valence-corrected chi connectivity index (χ1v) is 10.6. The van der Waals surface area contributed by atoms with Crippen molar-refractivity contribution in [2.24, 2.45) is 0 Å². The van der Waals surface area contributed by atoms with Gasteiger partial charge in [0.05, 0.1) is 18.3 Å². The molecule has 0 unspecified atom stereocenters. The van der Waals surface area contributed by atoms with E-state index in [0.29, 0.717) is 11.9 Å². The van der Waals surface area contributed by atoms with Crippen molar-refractivity contribution < 1.29 is 0 Å². The predicted molar refractivity (Wildman–Crippen MR) is 122 cm³/mol. The predicted octanol–water partition coefficient (Wildman–Crippen LogP) is 5.89. The van der Waals surface area contributed by atoms with E-state index < -0.39 is 0 Å². The Hall–Kier alpha value is -3.24. The van der Waals surface area contributed by atoms with E-state index >= 15 is 0 Å². The van der Waals surface area contributed by atoms with Crippen LogP contribution in [0.5, 0.6) is 0 Å². The fourth-order valence-electron chi connectivity index (χ4n) is 3.83.